The van der Waals surface area contributed by atoms with Gasteiger partial charge in [-0.25, -0.2) is 4.79 Å². The van der Waals surface area contributed by atoms with Gasteiger partial charge in [0.2, 0.25) is 5.60 Å². The summed E-state index contributed by atoms with van der Waals surface area (Å²) in [7, 11) is 0. The normalized spacial score (nSPS) is 21.2. The second kappa shape index (κ2) is 5.02. The van der Waals surface area contributed by atoms with E-state index in [-0.39, 0.29) is 21.7 Å². The number of hydrogen-bond acceptors (Lipinski definition) is 2. The van der Waals surface area contributed by atoms with Crippen LogP contribution in [-0.4, -0.2) is 12.1 Å². The van der Waals surface area contributed by atoms with Crippen molar-refractivity contribution in [2.45, 2.75) is 18.2 Å². The minimum atomic E-state index is -4.75. The van der Waals surface area contributed by atoms with E-state index >= 15 is 0 Å². The Balaban J connectivity index is 2.20. The fourth-order valence-electron chi connectivity index (χ4n) is 2.62. The van der Waals surface area contributed by atoms with Crippen molar-refractivity contribution < 1.29 is 22.7 Å². The molecule has 0 fully saturated rings. The highest BCUT2D eigenvalue weighted by molar-refractivity contribution is 6.30. The number of cyclic esters (lactones) is 1. The molecule has 2 aromatic carbocycles. The molecule has 2 nitrogen and oxygen atoms in total. The van der Waals surface area contributed by atoms with Gasteiger partial charge in [-0.1, -0.05) is 41.9 Å². The van der Waals surface area contributed by atoms with E-state index in [0.717, 1.165) is 0 Å². The monoisotopic (exact) mass is 326 g/mol. The standard InChI is InChI=1S/C16H10ClF3O2/c17-12-6-7-13-10(8-12)9-15(16(18,19)20,22-14(13)21)11-4-2-1-3-5-11/h1-8H,9H2. The van der Waals surface area contributed by atoms with Gasteiger partial charge in [0, 0.05) is 17.0 Å². The van der Waals surface area contributed by atoms with E-state index in [2.05, 4.69) is 0 Å². The Morgan fingerprint density at radius 3 is 2.41 bits per heavy atom. The lowest BCUT2D eigenvalue weighted by molar-refractivity contribution is -0.267. The first-order chi connectivity index (χ1) is 10.3. The number of carbonyl (C=O) groups is 1. The van der Waals surface area contributed by atoms with Crippen LogP contribution in [0, 0.1) is 0 Å². The highest BCUT2D eigenvalue weighted by Gasteiger charge is 2.61. The number of ether oxygens (including phenoxy) is 1. The molecule has 0 N–H and O–H groups in total. The zero-order chi connectivity index (χ0) is 16.0. The molecule has 0 saturated heterocycles. The average molecular weight is 327 g/mol. The van der Waals surface area contributed by atoms with Gasteiger partial charge in [-0.2, -0.15) is 13.2 Å². The molecule has 0 saturated carbocycles. The average Bonchev–Trinajstić information content (AvgIpc) is 2.46. The van der Waals surface area contributed by atoms with Crippen molar-refractivity contribution in [1.29, 1.82) is 0 Å². The number of benzene rings is 2. The Bertz CT molecular complexity index is 728. The van der Waals surface area contributed by atoms with Gasteiger partial charge in [-0.05, 0) is 23.8 Å². The van der Waals surface area contributed by atoms with E-state index in [1.807, 2.05) is 0 Å². The lowest BCUT2D eigenvalue weighted by Gasteiger charge is -2.39. The molecule has 1 atom stereocenters. The molecule has 1 heterocycles. The minimum absolute atomic E-state index is 0.110. The minimum Gasteiger partial charge on any atom is -0.440 e. The molecule has 0 spiro atoms. The molecule has 1 aliphatic heterocycles. The number of alkyl halides is 3. The van der Waals surface area contributed by atoms with Crippen LogP contribution in [0.5, 0.6) is 0 Å². The van der Waals surface area contributed by atoms with Gasteiger partial charge >= 0.3 is 12.1 Å². The highest BCUT2D eigenvalue weighted by atomic mass is 35.5. The quantitative estimate of drug-likeness (QED) is 0.721. The summed E-state index contributed by atoms with van der Waals surface area (Å²) in [4.78, 5) is 12.1. The van der Waals surface area contributed by atoms with Crippen LogP contribution in [0.2, 0.25) is 5.02 Å². The SMILES string of the molecule is O=C1OC(c2ccccc2)(C(F)(F)F)Cc2cc(Cl)ccc21. The van der Waals surface area contributed by atoms with Gasteiger partial charge < -0.3 is 4.74 Å². The van der Waals surface area contributed by atoms with Crippen molar-refractivity contribution in [2.75, 3.05) is 0 Å². The fraction of sp³-hybridized carbons (Fsp3) is 0.188. The van der Waals surface area contributed by atoms with Gasteiger partial charge in [0.25, 0.3) is 0 Å². The number of halogens is 4. The Hall–Kier alpha value is -2.01. The van der Waals surface area contributed by atoms with Gasteiger partial charge in [-0.15, -0.1) is 0 Å². The molecule has 0 aromatic heterocycles. The van der Waals surface area contributed by atoms with Crippen LogP contribution in [0.25, 0.3) is 0 Å². The number of esters is 1. The summed E-state index contributed by atoms with van der Waals surface area (Å²) in [6.45, 7) is 0. The molecular formula is C16H10ClF3O2. The Morgan fingerprint density at radius 1 is 1.09 bits per heavy atom. The maximum atomic E-state index is 13.7. The Labute approximate surface area is 129 Å². The van der Waals surface area contributed by atoms with Gasteiger partial charge in [0.05, 0.1) is 5.56 Å². The van der Waals surface area contributed by atoms with Crippen LogP contribution in [0.15, 0.2) is 48.5 Å². The van der Waals surface area contributed by atoms with E-state index in [0.29, 0.717) is 0 Å². The molecule has 22 heavy (non-hydrogen) atoms. The lowest BCUT2D eigenvalue weighted by Crippen LogP contribution is -2.50. The fourth-order valence-corrected chi connectivity index (χ4v) is 2.81. The van der Waals surface area contributed by atoms with E-state index in [4.69, 9.17) is 16.3 Å². The Morgan fingerprint density at radius 2 is 1.77 bits per heavy atom. The van der Waals surface area contributed by atoms with E-state index in [1.54, 1.807) is 6.07 Å². The Kier molecular flexibility index (Phi) is 3.40. The molecule has 3 rings (SSSR count). The highest BCUT2D eigenvalue weighted by Crippen LogP contribution is 2.48. The predicted octanol–water partition coefficient (Wildman–Crippen LogP) is 4.51. The van der Waals surface area contributed by atoms with Crippen molar-refractivity contribution in [2.24, 2.45) is 0 Å². The first kappa shape index (κ1) is 14.9. The van der Waals surface area contributed by atoms with Crippen molar-refractivity contribution in [3.63, 3.8) is 0 Å². The van der Waals surface area contributed by atoms with Crippen molar-refractivity contribution in [1.82, 2.24) is 0 Å². The third-order valence-electron chi connectivity index (χ3n) is 3.69. The topological polar surface area (TPSA) is 26.3 Å². The van der Waals surface area contributed by atoms with Crippen molar-refractivity contribution >= 4 is 17.6 Å². The number of rotatable bonds is 1. The number of carbonyl (C=O) groups excluding carboxylic acids is 1. The summed E-state index contributed by atoms with van der Waals surface area (Å²) in [5.74, 6) is -1.00. The van der Waals surface area contributed by atoms with Crippen LogP contribution in [0.3, 0.4) is 0 Å². The largest absolute Gasteiger partial charge is 0.440 e. The first-order valence-corrected chi connectivity index (χ1v) is 6.85. The molecule has 0 bridgehead atoms. The zero-order valence-electron chi connectivity index (χ0n) is 11.2. The number of fused-ring (bicyclic) bond motifs is 1. The molecule has 114 valence electrons. The molecule has 2 aromatic rings. The summed E-state index contributed by atoms with van der Waals surface area (Å²) in [5.41, 5.74) is -2.46. The second-order valence-corrected chi connectivity index (χ2v) is 5.50. The third-order valence-corrected chi connectivity index (χ3v) is 3.93. The molecule has 0 radical (unpaired) electrons. The van der Waals surface area contributed by atoms with Gasteiger partial charge in [0.15, 0.2) is 0 Å². The maximum Gasteiger partial charge on any atom is 0.433 e. The van der Waals surface area contributed by atoms with Crippen molar-refractivity contribution in [3.05, 3.63) is 70.2 Å². The lowest BCUT2D eigenvalue weighted by atomic mass is 9.82. The first-order valence-electron chi connectivity index (χ1n) is 6.47. The number of hydrogen-bond donors (Lipinski definition) is 0. The summed E-state index contributed by atoms with van der Waals surface area (Å²) in [6.07, 6.45) is -5.24. The summed E-state index contributed by atoms with van der Waals surface area (Å²) < 4.78 is 46.1. The summed E-state index contributed by atoms with van der Waals surface area (Å²) in [5, 5.41) is 0.276. The van der Waals surface area contributed by atoms with Crippen LogP contribution in [-0.2, 0) is 16.8 Å². The third kappa shape index (κ3) is 2.25. The van der Waals surface area contributed by atoms with Crippen LogP contribution in [0.1, 0.15) is 21.5 Å². The van der Waals surface area contributed by atoms with Crippen LogP contribution >= 0.6 is 11.6 Å². The van der Waals surface area contributed by atoms with E-state index in [1.165, 1.54) is 42.5 Å². The van der Waals surface area contributed by atoms with Gasteiger partial charge in [0.1, 0.15) is 0 Å². The molecular weight excluding hydrogens is 317 g/mol. The zero-order valence-corrected chi connectivity index (χ0v) is 11.9. The summed E-state index contributed by atoms with van der Waals surface area (Å²) in [6, 6.07) is 11.4. The van der Waals surface area contributed by atoms with E-state index in [9.17, 15) is 18.0 Å². The van der Waals surface area contributed by atoms with Crippen molar-refractivity contribution in [3.8, 4) is 0 Å². The maximum absolute atomic E-state index is 13.7. The smallest absolute Gasteiger partial charge is 0.433 e. The van der Waals surface area contributed by atoms with Gasteiger partial charge in [-0.3, -0.25) is 0 Å². The molecule has 1 aliphatic rings. The van der Waals surface area contributed by atoms with Crippen LogP contribution < -0.4 is 0 Å². The molecule has 0 aliphatic carbocycles. The molecule has 1 unspecified atom stereocenters. The molecule has 0 amide bonds. The second-order valence-electron chi connectivity index (χ2n) is 5.06. The summed E-state index contributed by atoms with van der Waals surface area (Å²) >= 11 is 5.84. The van der Waals surface area contributed by atoms with E-state index < -0.39 is 24.2 Å². The van der Waals surface area contributed by atoms with Crippen LogP contribution in [0.4, 0.5) is 13.2 Å². The molecule has 6 heteroatoms. The predicted molar refractivity (Wildman–Crippen MR) is 74.7 cm³/mol.